The summed E-state index contributed by atoms with van der Waals surface area (Å²) in [6, 6.07) is 2.90. The molecule has 104 valence electrons. The number of carbonyl (C=O) groups excluding carboxylic acids is 1. The highest BCUT2D eigenvalue weighted by molar-refractivity contribution is 6.33. The molecule has 1 aromatic carbocycles. The quantitative estimate of drug-likeness (QED) is 0.797. The molecule has 0 unspecified atom stereocenters. The van der Waals surface area contributed by atoms with Crippen molar-refractivity contribution < 1.29 is 19.1 Å². The lowest BCUT2D eigenvalue weighted by Crippen LogP contribution is -2.40. The minimum Gasteiger partial charge on any atom is -0.481 e. The van der Waals surface area contributed by atoms with E-state index in [2.05, 4.69) is 10.6 Å². The van der Waals surface area contributed by atoms with E-state index >= 15 is 0 Å². The van der Waals surface area contributed by atoms with E-state index in [-0.39, 0.29) is 17.3 Å². The number of hydrogen-bond donors (Lipinski definition) is 3. The Balaban J connectivity index is 2.61. The second-order valence-electron chi connectivity index (χ2n) is 4.62. The van der Waals surface area contributed by atoms with Crippen LogP contribution in [0.15, 0.2) is 18.2 Å². The normalized spacial score (nSPS) is 10.9. The number of carboxylic acids is 1. The van der Waals surface area contributed by atoms with Crippen LogP contribution in [-0.4, -0.2) is 23.7 Å². The first-order valence-corrected chi connectivity index (χ1v) is 5.83. The van der Waals surface area contributed by atoms with Crippen molar-refractivity contribution in [3.63, 3.8) is 0 Å². The highest BCUT2D eigenvalue weighted by atomic mass is 35.5. The first-order chi connectivity index (χ1) is 8.72. The van der Waals surface area contributed by atoms with Gasteiger partial charge in [0.2, 0.25) is 0 Å². The lowest BCUT2D eigenvalue weighted by Gasteiger charge is -2.19. The van der Waals surface area contributed by atoms with Gasteiger partial charge in [-0.1, -0.05) is 11.6 Å². The van der Waals surface area contributed by atoms with Gasteiger partial charge in [-0.15, -0.1) is 0 Å². The van der Waals surface area contributed by atoms with Crippen molar-refractivity contribution in [1.82, 2.24) is 5.32 Å². The third-order valence-corrected chi connectivity index (χ3v) is 2.78. The molecule has 7 heteroatoms. The Labute approximate surface area is 114 Å². The molecule has 1 aromatic rings. The molecule has 0 radical (unpaired) electrons. The number of hydrogen-bond acceptors (Lipinski definition) is 2. The van der Waals surface area contributed by atoms with E-state index in [0.717, 1.165) is 6.07 Å². The molecule has 0 bridgehead atoms. The first kappa shape index (κ1) is 15.2. The molecule has 0 aliphatic heterocycles. The maximum atomic E-state index is 13.0. The van der Waals surface area contributed by atoms with E-state index < -0.39 is 23.2 Å². The van der Waals surface area contributed by atoms with Gasteiger partial charge in [-0.2, -0.15) is 0 Å². The fourth-order valence-electron chi connectivity index (χ4n) is 1.14. The second-order valence-corrected chi connectivity index (χ2v) is 5.03. The number of benzene rings is 1. The van der Waals surface area contributed by atoms with Crippen molar-refractivity contribution in [3.05, 3.63) is 29.0 Å². The maximum Gasteiger partial charge on any atom is 0.319 e. The molecule has 0 aliphatic carbocycles. The highest BCUT2D eigenvalue weighted by Crippen LogP contribution is 2.22. The van der Waals surface area contributed by atoms with Gasteiger partial charge in [0, 0.05) is 6.54 Å². The second kappa shape index (κ2) is 5.88. The maximum absolute atomic E-state index is 13.0. The summed E-state index contributed by atoms with van der Waals surface area (Å²) >= 11 is 5.78. The topological polar surface area (TPSA) is 78.4 Å². The van der Waals surface area contributed by atoms with Gasteiger partial charge in [0.25, 0.3) is 0 Å². The van der Waals surface area contributed by atoms with Crippen LogP contribution in [0.25, 0.3) is 0 Å². The van der Waals surface area contributed by atoms with E-state index in [1.807, 2.05) is 0 Å². The van der Waals surface area contributed by atoms with Crippen LogP contribution in [0.4, 0.5) is 14.9 Å². The summed E-state index contributed by atoms with van der Waals surface area (Å²) in [7, 11) is 0. The van der Waals surface area contributed by atoms with Gasteiger partial charge in [-0.25, -0.2) is 9.18 Å². The van der Waals surface area contributed by atoms with E-state index in [9.17, 15) is 14.0 Å². The van der Waals surface area contributed by atoms with Crippen molar-refractivity contribution in [3.8, 4) is 0 Å². The van der Waals surface area contributed by atoms with Crippen LogP contribution in [0.1, 0.15) is 13.8 Å². The first-order valence-electron chi connectivity index (χ1n) is 5.45. The molecular formula is C12H14ClFN2O3. The van der Waals surface area contributed by atoms with Crippen molar-refractivity contribution in [1.29, 1.82) is 0 Å². The number of amides is 2. The number of halogens is 2. The molecule has 0 saturated heterocycles. The fourth-order valence-corrected chi connectivity index (χ4v) is 1.30. The van der Waals surface area contributed by atoms with Crippen LogP contribution in [0.2, 0.25) is 5.02 Å². The van der Waals surface area contributed by atoms with Crippen LogP contribution >= 0.6 is 11.6 Å². The summed E-state index contributed by atoms with van der Waals surface area (Å²) in [6.07, 6.45) is 0. The summed E-state index contributed by atoms with van der Waals surface area (Å²) in [5, 5.41) is 13.8. The minimum atomic E-state index is -1.09. The average Bonchev–Trinajstić information content (AvgIpc) is 2.31. The van der Waals surface area contributed by atoms with Crippen LogP contribution in [0, 0.1) is 11.2 Å². The van der Waals surface area contributed by atoms with Gasteiger partial charge in [-0.3, -0.25) is 4.79 Å². The van der Waals surface area contributed by atoms with Crippen molar-refractivity contribution in [2.45, 2.75) is 13.8 Å². The van der Waals surface area contributed by atoms with E-state index in [4.69, 9.17) is 16.7 Å². The summed E-state index contributed by atoms with van der Waals surface area (Å²) < 4.78 is 13.0. The van der Waals surface area contributed by atoms with Crippen LogP contribution in [0.3, 0.4) is 0 Å². The van der Waals surface area contributed by atoms with Gasteiger partial charge in [0.05, 0.1) is 16.1 Å². The Morgan fingerprint density at radius 1 is 1.42 bits per heavy atom. The van der Waals surface area contributed by atoms with E-state index in [0.29, 0.717) is 0 Å². The molecule has 0 aromatic heterocycles. The van der Waals surface area contributed by atoms with Gasteiger partial charge in [-0.05, 0) is 32.0 Å². The third-order valence-electron chi connectivity index (χ3n) is 2.45. The van der Waals surface area contributed by atoms with Crippen LogP contribution < -0.4 is 10.6 Å². The number of nitrogens with one attached hydrogen (secondary N) is 2. The summed E-state index contributed by atoms with van der Waals surface area (Å²) in [4.78, 5) is 22.4. The molecule has 3 N–H and O–H groups in total. The Morgan fingerprint density at radius 3 is 2.63 bits per heavy atom. The lowest BCUT2D eigenvalue weighted by molar-refractivity contribution is -0.146. The zero-order valence-corrected chi connectivity index (χ0v) is 11.2. The van der Waals surface area contributed by atoms with Gasteiger partial charge >= 0.3 is 12.0 Å². The predicted molar refractivity (Wildman–Crippen MR) is 69.8 cm³/mol. The molecule has 0 saturated carbocycles. The zero-order chi connectivity index (χ0) is 14.6. The molecule has 2 amide bonds. The number of aliphatic carboxylic acids is 1. The van der Waals surface area contributed by atoms with E-state index in [1.165, 1.54) is 26.0 Å². The smallest absolute Gasteiger partial charge is 0.319 e. The molecule has 0 aliphatic rings. The molecule has 0 spiro atoms. The number of anilines is 1. The molecule has 5 nitrogen and oxygen atoms in total. The van der Waals surface area contributed by atoms with Crippen molar-refractivity contribution >= 4 is 29.3 Å². The lowest BCUT2D eigenvalue weighted by atomic mass is 9.94. The predicted octanol–water partition coefficient (Wildman–Crippen LogP) is 2.71. The summed E-state index contributed by atoms with van der Waals surface area (Å²) in [5.74, 6) is -1.57. The molecule has 1 rings (SSSR count). The molecule has 0 atom stereocenters. The monoisotopic (exact) mass is 288 g/mol. The Kier molecular flexibility index (Phi) is 4.72. The van der Waals surface area contributed by atoms with Gasteiger partial charge < -0.3 is 15.7 Å². The van der Waals surface area contributed by atoms with Gasteiger partial charge in [0.1, 0.15) is 5.82 Å². The standard InChI is InChI=1S/C12H14ClFN2O3/c1-12(2,10(17)18)6-15-11(19)16-9-5-7(14)3-4-8(9)13/h3-5H,6H2,1-2H3,(H,17,18)(H2,15,16,19). The van der Waals surface area contributed by atoms with Crippen molar-refractivity contribution in [2.24, 2.45) is 5.41 Å². The van der Waals surface area contributed by atoms with Gasteiger partial charge in [0.15, 0.2) is 0 Å². The third kappa shape index (κ3) is 4.40. The Morgan fingerprint density at radius 2 is 2.05 bits per heavy atom. The largest absolute Gasteiger partial charge is 0.481 e. The van der Waals surface area contributed by atoms with Crippen LogP contribution in [-0.2, 0) is 4.79 Å². The molecule has 0 fully saturated rings. The van der Waals surface area contributed by atoms with E-state index in [1.54, 1.807) is 0 Å². The summed E-state index contributed by atoms with van der Waals surface area (Å²) in [6.45, 7) is 2.89. The Bertz CT molecular complexity index is 506. The minimum absolute atomic E-state index is 0.0684. The van der Waals surface area contributed by atoms with Crippen molar-refractivity contribution in [2.75, 3.05) is 11.9 Å². The molecule has 19 heavy (non-hydrogen) atoms. The molecular weight excluding hydrogens is 275 g/mol. The SMILES string of the molecule is CC(C)(CNC(=O)Nc1cc(F)ccc1Cl)C(=O)O. The number of rotatable bonds is 4. The van der Waals surface area contributed by atoms with Crippen LogP contribution in [0.5, 0.6) is 0 Å². The summed E-state index contributed by atoms with van der Waals surface area (Å²) in [5.41, 5.74) is -0.976. The Hall–Kier alpha value is -1.82. The number of carbonyl (C=O) groups is 2. The highest BCUT2D eigenvalue weighted by Gasteiger charge is 2.27. The molecule has 0 heterocycles. The zero-order valence-electron chi connectivity index (χ0n) is 10.5. The number of carboxylic acid groups (broad SMARTS) is 1. The number of urea groups is 1. The average molecular weight is 289 g/mol. The fraction of sp³-hybridized carbons (Fsp3) is 0.333.